The monoisotopic (exact) mass is 260 g/mol. The molecule has 0 spiro atoms. The van der Waals surface area contributed by atoms with Crippen molar-refractivity contribution in [2.45, 2.75) is 0 Å². The normalized spacial score (nSPS) is 7.55. The van der Waals surface area contributed by atoms with E-state index >= 15 is 0 Å². The van der Waals surface area contributed by atoms with E-state index in [0.717, 1.165) is 0 Å². The van der Waals surface area contributed by atoms with Gasteiger partial charge in [-0.1, -0.05) is 0 Å². The van der Waals surface area contributed by atoms with Crippen LogP contribution in [0, 0.1) is 0 Å². The minimum atomic E-state index is -5.14. The molecule has 0 saturated heterocycles. The maximum atomic E-state index is 8.66. The Bertz CT molecular complexity index is 118. The number of carbonyl (C=O) groups is 1. The summed E-state index contributed by atoms with van der Waals surface area (Å²) in [5.74, 6) is 0. The van der Waals surface area contributed by atoms with Gasteiger partial charge in [0.1, 0.15) is 0 Å². The van der Waals surface area contributed by atoms with Gasteiger partial charge in [0.25, 0.3) is 0 Å². The van der Waals surface area contributed by atoms with Crippen LogP contribution in [0.5, 0.6) is 0 Å². The van der Waals surface area contributed by atoms with Crippen LogP contribution in [0.25, 0.3) is 0 Å². The van der Waals surface area contributed by atoms with E-state index < -0.39 is 14.0 Å². The molecule has 0 amide bonds. The first-order valence-corrected chi connectivity index (χ1v) is 2.86. The molecule has 0 unspecified atom stereocenters. The molecule has 0 bridgehead atoms. The molecule has 0 aromatic heterocycles. The summed E-state index contributed by atoms with van der Waals surface area (Å²) in [4.78, 5) is 32.6. The van der Waals surface area contributed by atoms with Gasteiger partial charge in [0.15, 0.2) is 0 Å². The Morgan fingerprint density at radius 3 is 1.27 bits per heavy atom. The third-order valence-electron chi connectivity index (χ3n) is 0. The van der Waals surface area contributed by atoms with Crippen LogP contribution in [0.4, 0.5) is 4.79 Å². The summed E-state index contributed by atoms with van der Waals surface area (Å²) in [7, 11) is -5.14. The maximum Gasteiger partial charge on any atom is 2.00 e. The van der Waals surface area contributed by atoms with E-state index in [4.69, 9.17) is 34.3 Å². The second-order valence-corrected chi connectivity index (χ2v) is 1.66. The van der Waals surface area contributed by atoms with Crippen LogP contribution in [-0.4, -0.2) is 48.8 Å². The van der Waals surface area contributed by atoms with Gasteiger partial charge in [-0.05, 0) is 6.16 Å². The Hall–Kier alpha value is 1.26. The van der Waals surface area contributed by atoms with Crippen LogP contribution in [0.3, 0.4) is 0 Å². The average molecular weight is 261 g/mol. The second kappa shape index (κ2) is 11.3. The minimum Gasteiger partial charge on any atom is -0.790 e. The summed E-state index contributed by atoms with van der Waals surface area (Å²) in [6, 6.07) is 0. The Morgan fingerprint density at radius 1 is 1.27 bits per heavy atom. The summed E-state index contributed by atoms with van der Waals surface area (Å²) in [6.45, 7) is 0. The fraction of sp³-hybridized carbons (Fsp3) is 0. The fourth-order valence-corrected chi connectivity index (χ4v) is 0. The van der Waals surface area contributed by atoms with Crippen molar-refractivity contribution >= 4 is 51.7 Å². The number of hydrogen-bond donors (Lipinski definition) is 1. The van der Waals surface area contributed by atoms with E-state index in [1.165, 1.54) is 0 Å². The average Bonchev–Trinajstić information content (AvgIpc) is 1.19. The van der Waals surface area contributed by atoms with Crippen molar-refractivity contribution in [2.24, 2.45) is 0 Å². The molecule has 0 aromatic rings. The first-order valence-electron chi connectivity index (χ1n) is 1.36. The molecule has 11 heavy (non-hydrogen) atoms. The van der Waals surface area contributed by atoms with E-state index in [-0.39, 0.29) is 57.2 Å². The largest absolute Gasteiger partial charge is 2.00 e. The molecule has 56 valence electrons. The molecule has 7 nitrogen and oxygen atoms in total. The number of rotatable bonds is 0. The smallest absolute Gasteiger partial charge is 0.790 e. The first kappa shape index (κ1) is 22.8. The van der Waals surface area contributed by atoms with Crippen molar-refractivity contribution in [3.63, 3.8) is 0 Å². The minimum absolute atomic E-state index is 0. The van der Waals surface area contributed by atoms with Crippen LogP contribution in [0.15, 0.2) is 0 Å². The molecule has 0 aromatic carbocycles. The van der Waals surface area contributed by atoms with Gasteiger partial charge in [-0.15, -0.1) is 0 Å². The Balaban J connectivity index is -0.0000000383. The summed E-state index contributed by atoms with van der Waals surface area (Å²) in [5.41, 5.74) is 0. The molecule has 0 atom stereocenters. The summed E-state index contributed by atoms with van der Waals surface area (Å²) < 4.78 is 8.66. The van der Waals surface area contributed by atoms with Crippen LogP contribution in [0.1, 0.15) is 0 Å². The molecule has 0 radical (unpaired) electrons. The van der Waals surface area contributed by atoms with Crippen molar-refractivity contribution in [2.75, 3.05) is 0 Å². The molecule has 0 aliphatic carbocycles. The van der Waals surface area contributed by atoms with E-state index in [2.05, 4.69) is 0 Å². The van der Waals surface area contributed by atoms with Crippen molar-refractivity contribution in [1.29, 1.82) is 0 Å². The van der Waals surface area contributed by atoms with Gasteiger partial charge >= 0.3 is 57.2 Å². The van der Waals surface area contributed by atoms with Crippen molar-refractivity contribution in [1.82, 2.24) is 0 Å². The second-order valence-electron chi connectivity index (χ2n) is 0.719. The van der Waals surface area contributed by atoms with E-state index in [1.54, 1.807) is 0 Å². The zero-order chi connectivity index (χ0) is 8.08. The van der Waals surface area contributed by atoms with Gasteiger partial charge in [-0.3, -0.25) is 0 Å². The number of carbonyl (C=O) groups excluding carboxylic acids is 1. The van der Waals surface area contributed by atoms with Crippen molar-refractivity contribution < 1.29 is 53.7 Å². The molecule has 0 heterocycles. The topological polar surface area (TPSA) is 147 Å². The van der Waals surface area contributed by atoms with E-state index in [0.29, 0.717) is 0 Å². The zero-order valence-electron chi connectivity index (χ0n) is 5.26. The van der Waals surface area contributed by atoms with Crippen LogP contribution < -0.4 is 20.0 Å². The van der Waals surface area contributed by atoms with E-state index in [1.807, 2.05) is 0 Å². The molecule has 0 aliphatic heterocycles. The van der Waals surface area contributed by atoms with Crippen LogP contribution in [-0.2, 0) is 24.0 Å². The zero-order valence-corrected chi connectivity index (χ0v) is 11.3. The Labute approximate surface area is 104 Å². The SMILES string of the molecule is O=C([O-])[O-].O=P([O-])([O-])O.[Ca+2].[Zn+2]. The molecular formula is CHCaO7PZn. The summed E-state index contributed by atoms with van der Waals surface area (Å²) >= 11 is 0. The predicted molar refractivity (Wildman–Crippen MR) is 21.0 cm³/mol. The standard InChI is InChI=1S/CH2O3.Ca.H3O4P.Zn/c2-1(3)4;;1-5(2,3)4;/h(H2,2,3,4);;(H3,1,2,3,4);/q;+2;;+2/p-4. The number of phosphoric acid groups is 1. The molecular weight excluding hydrogens is 260 g/mol. The van der Waals surface area contributed by atoms with Gasteiger partial charge in [0, 0.05) is 0 Å². The molecule has 0 aliphatic rings. The van der Waals surface area contributed by atoms with Gasteiger partial charge < -0.3 is 34.3 Å². The van der Waals surface area contributed by atoms with Crippen LogP contribution >= 0.6 is 7.82 Å². The van der Waals surface area contributed by atoms with Gasteiger partial charge in [-0.2, -0.15) is 0 Å². The molecule has 10 heteroatoms. The Morgan fingerprint density at radius 2 is 1.27 bits per heavy atom. The van der Waals surface area contributed by atoms with Crippen molar-refractivity contribution in [3.05, 3.63) is 0 Å². The first-order chi connectivity index (χ1) is 3.73. The summed E-state index contributed by atoms with van der Waals surface area (Å²) in [5, 5.41) is 16.7. The predicted octanol–water partition coefficient (Wildman–Crippen LogP) is -5.02. The van der Waals surface area contributed by atoms with Gasteiger partial charge in [0.2, 0.25) is 0 Å². The molecule has 1 N–H and O–H groups in total. The number of hydrogen-bond acceptors (Lipinski definition) is 6. The van der Waals surface area contributed by atoms with Gasteiger partial charge in [0.05, 0.1) is 7.82 Å². The third kappa shape index (κ3) is 606. The van der Waals surface area contributed by atoms with Gasteiger partial charge in [-0.25, -0.2) is 0 Å². The summed E-state index contributed by atoms with van der Waals surface area (Å²) in [6.07, 6.45) is -2.33. The fourth-order valence-electron chi connectivity index (χ4n) is 0. The maximum absolute atomic E-state index is 8.66. The number of carboxylic acid groups (broad SMARTS) is 2. The Kier molecular flexibility index (Phi) is 23.3. The van der Waals surface area contributed by atoms with E-state index in [9.17, 15) is 0 Å². The third-order valence-corrected chi connectivity index (χ3v) is 0. The van der Waals surface area contributed by atoms with Crippen LogP contribution in [0.2, 0.25) is 0 Å². The quantitative estimate of drug-likeness (QED) is 0.339. The van der Waals surface area contributed by atoms with Crippen molar-refractivity contribution in [3.8, 4) is 0 Å². The molecule has 0 rings (SSSR count). The molecule has 0 fully saturated rings. The molecule has 0 saturated carbocycles.